The second kappa shape index (κ2) is 5.77. The molecule has 112 valence electrons. The summed E-state index contributed by atoms with van der Waals surface area (Å²) in [4.78, 5) is 19.5. The fourth-order valence-corrected chi connectivity index (χ4v) is 2.18. The van der Waals surface area contributed by atoms with E-state index >= 15 is 0 Å². The predicted octanol–water partition coefficient (Wildman–Crippen LogP) is 2.83. The average Bonchev–Trinajstić information content (AvgIpc) is 3.02. The Hall–Kier alpha value is -3.02. The normalized spacial score (nSPS) is 10.5. The molecule has 0 aliphatic rings. The number of rotatable bonds is 4. The number of carbonyl (C=O) groups is 1. The summed E-state index contributed by atoms with van der Waals surface area (Å²) >= 11 is 0. The van der Waals surface area contributed by atoms with Crippen LogP contribution in [0.25, 0.3) is 11.0 Å². The smallest absolute Gasteiger partial charge is 0.255 e. The molecule has 0 aliphatic heterocycles. The van der Waals surface area contributed by atoms with E-state index in [9.17, 15) is 4.79 Å². The van der Waals surface area contributed by atoms with Gasteiger partial charge < -0.3 is 19.8 Å². The summed E-state index contributed by atoms with van der Waals surface area (Å²) in [5, 5.41) is 2.83. The second-order valence-electron chi connectivity index (χ2n) is 4.65. The van der Waals surface area contributed by atoms with Crippen molar-refractivity contribution in [2.24, 2.45) is 0 Å². The van der Waals surface area contributed by atoms with E-state index in [2.05, 4.69) is 15.3 Å². The van der Waals surface area contributed by atoms with Crippen LogP contribution in [0.5, 0.6) is 11.5 Å². The van der Waals surface area contributed by atoms with Gasteiger partial charge in [-0.3, -0.25) is 4.79 Å². The van der Waals surface area contributed by atoms with Crippen LogP contribution in [0.4, 0.5) is 5.69 Å². The SMILES string of the molecule is COc1ccc(OC)c(NC(=O)c2ccc3nc[nH]c3c2)c1. The molecule has 0 spiro atoms. The topological polar surface area (TPSA) is 76.2 Å². The number of nitrogens with one attached hydrogen (secondary N) is 2. The summed E-state index contributed by atoms with van der Waals surface area (Å²) in [7, 11) is 3.12. The van der Waals surface area contributed by atoms with E-state index in [1.54, 1.807) is 56.9 Å². The average molecular weight is 297 g/mol. The Balaban J connectivity index is 1.89. The molecule has 2 N–H and O–H groups in total. The number of nitrogens with zero attached hydrogens (tertiary/aromatic N) is 1. The quantitative estimate of drug-likeness (QED) is 0.776. The van der Waals surface area contributed by atoms with Crippen LogP contribution in [0.2, 0.25) is 0 Å². The lowest BCUT2D eigenvalue weighted by atomic mass is 10.1. The van der Waals surface area contributed by atoms with Crippen LogP contribution in [0.15, 0.2) is 42.7 Å². The van der Waals surface area contributed by atoms with E-state index in [4.69, 9.17) is 9.47 Å². The Kier molecular flexibility index (Phi) is 3.65. The Morgan fingerprint density at radius 1 is 1.14 bits per heavy atom. The van der Waals surface area contributed by atoms with Gasteiger partial charge in [0.2, 0.25) is 0 Å². The van der Waals surface area contributed by atoms with Gasteiger partial charge in [0.15, 0.2) is 0 Å². The van der Waals surface area contributed by atoms with Crippen molar-refractivity contribution >= 4 is 22.6 Å². The highest BCUT2D eigenvalue weighted by Crippen LogP contribution is 2.29. The van der Waals surface area contributed by atoms with E-state index in [0.29, 0.717) is 22.7 Å². The van der Waals surface area contributed by atoms with Crippen LogP contribution in [0, 0.1) is 0 Å². The van der Waals surface area contributed by atoms with E-state index in [-0.39, 0.29) is 5.91 Å². The third-order valence-electron chi connectivity index (χ3n) is 3.34. The van der Waals surface area contributed by atoms with Gasteiger partial charge in [-0.2, -0.15) is 0 Å². The number of aromatic nitrogens is 2. The van der Waals surface area contributed by atoms with Crippen LogP contribution in [0.3, 0.4) is 0 Å². The molecule has 0 saturated carbocycles. The zero-order chi connectivity index (χ0) is 15.5. The number of H-pyrrole nitrogens is 1. The van der Waals surface area contributed by atoms with Crippen LogP contribution in [-0.2, 0) is 0 Å². The molecule has 1 heterocycles. The summed E-state index contributed by atoms with van der Waals surface area (Å²) in [6, 6.07) is 10.5. The highest BCUT2D eigenvalue weighted by atomic mass is 16.5. The lowest BCUT2D eigenvalue weighted by molar-refractivity contribution is 0.102. The first kappa shape index (κ1) is 13.9. The minimum atomic E-state index is -0.233. The van der Waals surface area contributed by atoms with Gasteiger partial charge in [-0.15, -0.1) is 0 Å². The number of benzene rings is 2. The van der Waals surface area contributed by atoms with Crippen molar-refractivity contribution in [3.05, 3.63) is 48.3 Å². The minimum Gasteiger partial charge on any atom is -0.497 e. The van der Waals surface area contributed by atoms with Gasteiger partial charge >= 0.3 is 0 Å². The molecule has 1 amide bonds. The summed E-state index contributed by atoms with van der Waals surface area (Å²) < 4.78 is 10.4. The van der Waals surface area contributed by atoms with Gasteiger partial charge in [-0.1, -0.05) is 0 Å². The molecule has 0 fully saturated rings. The van der Waals surface area contributed by atoms with Gasteiger partial charge in [0, 0.05) is 11.6 Å². The maximum absolute atomic E-state index is 12.4. The Morgan fingerprint density at radius 3 is 2.77 bits per heavy atom. The van der Waals surface area contributed by atoms with Crippen LogP contribution in [0.1, 0.15) is 10.4 Å². The molecule has 3 rings (SSSR count). The second-order valence-corrected chi connectivity index (χ2v) is 4.65. The molecule has 0 aliphatic carbocycles. The van der Waals surface area contributed by atoms with Crippen LogP contribution < -0.4 is 14.8 Å². The number of hydrogen-bond acceptors (Lipinski definition) is 4. The maximum Gasteiger partial charge on any atom is 0.255 e. The predicted molar refractivity (Wildman–Crippen MR) is 83.6 cm³/mol. The standard InChI is InChI=1S/C16H15N3O3/c1-21-11-4-6-15(22-2)14(8-11)19-16(20)10-3-5-12-13(7-10)18-9-17-12/h3-9H,1-2H3,(H,17,18)(H,19,20). The van der Waals surface area contributed by atoms with E-state index in [1.807, 2.05) is 0 Å². The van der Waals surface area contributed by atoms with Crippen molar-refractivity contribution in [1.82, 2.24) is 9.97 Å². The number of hydrogen-bond donors (Lipinski definition) is 2. The molecule has 2 aromatic carbocycles. The van der Waals surface area contributed by atoms with Gasteiger partial charge in [0.25, 0.3) is 5.91 Å². The number of carbonyl (C=O) groups excluding carboxylic acids is 1. The molecular weight excluding hydrogens is 282 g/mol. The molecule has 6 nitrogen and oxygen atoms in total. The molecule has 3 aromatic rings. The first-order valence-corrected chi connectivity index (χ1v) is 6.68. The lowest BCUT2D eigenvalue weighted by Gasteiger charge is -2.11. The molecule has 6 heteroatoms. The Bertz CT molecular complexity index is 826. The van der Waals surface area contributed by atoms with Gasteiger partial charge in [-0.25, -0.2) is 4.98 Å². The third-order valence-corrected chi connectivity index (χ3v) is 3.34. The number of methoxy groups -OCH3 is 2. The minimum absolute atomic E-state index is 0.233. The lowest BCUT2D eigenvalue weighted by Crippen LogP contribution is -2.12. The molecular formula is C16H15N3O3. The zero-order valence-corrected chi connectivity index (χ0v) is 12.2. The first-order valence-electron chi connectivity index (χ1n) is 6.68. The van der Waals surface area contributed by atoms with Crippen molar-refractivity contribution in [2.45, 2.75) is 0 Å². The monoisotopic (exact) mass is 297 g/mol. The summed E-state index contributed by atoms with van der Waals surface area (Å²) in [6.07, 6.45) is 1.59. The van der Waals surface area contributed by atoms with Crippen molar-refractivity contribution in [2.75, 3.05) is 19.5 Å². The fourth-order valence-electron chi connectivity index (χ4n) is 2.18. The Labute approximate surface area is 127 Å². The van der Waals surface area contributed by atoms with Crippen molar-refractivity contribution in [1.29, 1.82) is 0 Å². The van der Waals surface area contributed by atoms with Gasteiger partial charge in [0.1, 0.15) is 11.5 Å². The highest BCUT2D eigenvalue weighted by molar-refractivity contribution is 6.06. The third kappa shape index (κ3) is 2.58. The molecule has 0 radical (unpaired) electrons. The molecule has 1 aromatic heterocycles. The summed E-state index contributed by atoms with van der Waals surface area (Å²) in [5.41, 5.74) is 2.71. The number of anilines is 1. The largest absolute Gasteiger partial charge is 0.497 e. The number of imidazole rings is 1. The fraction of sp³-hybridized carbons (Fsp3) is 0.125. The number of ether oxygens (including phenoxy) is 2. The molecule has 0 unspecified atom stereocenters. The van der Waals surface area contributed by atoms with E-state index in [0.717, 1.165) is 11.0 Å². The van der Waals surface area contributed by atoms with Crippen LogP contribution in [-0.4, -0.2) is 30.1 Å². The first-order chi connectivity index (χ1) is 10.7. The number of fused-ring (bicyclic) bond motifs is 1. The molecule has 22 heavy (non-hydrogen) atoms. The number of amides is 1. The molecule has 0 bridgehead atoms. The van der Waals surface area contributed by atoms with Crippen molar-refractivity contribution < 1.29 is 14.3 Å². The Morgan fingerprint density at radius 2 is 2.00 bits per heavy atom. The molecule has 0 atom stereocenters. The van der Waals surface area contributed by atoms with Crippen molar-refractivity contribution in [3.63, 3.8) is 0 Å². The van der Waals surface area contributed by atoms with E-state index < -0.39 is 0 Å². The maximum atomic E-state index is 12.4. The summed E-state index contributed by atoms with van der Waals surface area (Å²) in [6.45, 7) is 0. The zero-order valence-electron chi connectivity index (χ0n) is 12.2. The molecule has 0 saturated heterocycles. The highest BCUT2D eigenvalue weighted by Gasteiger charge is 2.12. The van der Waals surface area contributed by atoms with Gasteiger partial charge in [-0.05, 0) is 30.3 Å². The van der Waals surface area contributed by atoms with E-state index in [1.165, 1.54) is 0 Å². The summed E-state index contributed by atoms with van der Waals surface area (Å²) in [5.74, 6) is 0.972. The van der Waals surface area contributed by atoms with Gasteiger partial charge in [0.05, 0.1) is 37.3 Å². The number of aromatic amines is 1. The van der Waals surface area contributed by atoms with Crippen molar-refractivity contribution in [3.8, 4) is 11.5 Å². The van der Waals surface area contributed by atoms with Crippen LogP contribution >= 0.6 is 0 Å².